The third-order valence-electron chi connectivity index (χ3n) is 3.96. The number of aromatic nitrogens is 6. The zero-order chi connectivity index (χ0) is 15.6. The second-order valence-corrected chi connectivity index (χ2v) is 5.77. The lowest BCUT2D eigenvalue weighted by Gasteiger charge is -2.27. The summed E-state index contributed by atoms with van der Waals surface area (Å²) in [4.78, 5) is 27.2. The lowest BCUT2D eigenvalue weighted by molar-refractivity contribution is 0.237. The van der Waals surface area contributed by atoms with Gasteiger partial charge in [0.2, 0.25) is 0 Å². The van der Waals surface area contributed by atoms with Crippen LogP contribution in [0.5, 0.6) is 0 Å². The minimum Gasteiger partial charge on any atom is -0.345 e. The first-order valence-corrected chi connectivity index (χ1v) is 7.61. The van der Waals surface area contributed by atoms with Gasteiger partial charge in [-0.15, -0.1) is 0 Å². The van der Waals surface area contributed by atoms with Gasteiger partial charge in [0, 0.05) is 55.6 Å². The van der Waals surface area contributed by atoms with Crippen molar-refractivity contribution in [2.24, 2.45) is 0 Å². The molecule has 0 saturated heterocycles. The van der Waals surface area contributed by atoms with Crippen molar-refractivity contribution in [3.63, 3.8) is 0 Å². The number of aryl methyl sites for hydroxylation is 1. The van der Waals surface area contributed by atoms with Gasteiger partial charge in [0.25, 0.3) is 0 Å². The van der Waals surface area contributed by atoms with Crippen LogP contribution in [0.4, 0.5) is 0 Å². The predicted octanol–water partition coefficient (Wildman–Crippen LogP) is 1.52. The van der Waals surface area contributed by atoms with Crippen molar-refractivity contribution in [3.05, 3.63) is 53.9 Å². The van der Waals surface area contributed by atoms with Gasteiger partial charge in [-0.25, -0.2) is 24.9 Å². The van der Waals surface area contributed by atoms with E-state index in [1.807, 2.05) is 19.3 Å². The van der Waals surface area contributed by atoms with Crippen LogP contribution in [0, 0.1) is 6.92 Å². The van der Waals surface area contributed by atoms with Crippen molar-refractivity contribution in [3.8, 4) is 11.4 Å². The third kappa shape index (κ3) is 2.95. The van der Waals surface area contributed by atoms with Gasteiger partial charge in [-0.1, -0.05) is 0 Å². The molecule has 23 heavy (non-hydrogen) atoms. The summed E-state index contributed by atoms with van der Waals surface area (Å²) in [6, 6.07) is 0. The van der Waals surface area contributed by atoms with Crippen LogP contribution in [0.25, 0.3) is 11.4 Å². The Morgan fingerprint density at radius 1 is 1.13 bits per heavy atom. The largest absolute Gasteiger partial charge is 0.345 e. The summed E-state index contributed by atoms with van der Waals surface area (Å²) < 4.78 is 0. The summed E-state index contributed by atoms with van der Waals surface area (Å²) in [7, 11) is 0. The Morgan fingerprint density at radius 3 is 2.78 bits per heavy atom. The Balaban J connectivity index is 1.52. The summed E-state index contributed by atoms with van der Waals surface area (Å²) in [6.45, 7) is 4.65. The highest BCUT2D eigenvalue weighted by Crippen LogP contribution is 2.21. The second-order valence-electron chi connectivity index (χ2n) is 5.77. The fourth-order valence-corrected chi connectivity index (χ4v) is 2.82. The van der Waals surface area contributed by atoms with Gasteiger partial charge in [-0.3, -0.25) is 4.90 Å². The van der Waals surface area contributed by atoms with E-state index in [0.29, 0.717) is 5.82 Å². The molecule has 3 aromatic rings. The van der Waals surface area contributed by atoms with Gasteiger partial charge < -0.3 is 4.98 Å². The van der Waals surface area contributed by atoms with Gasteiger partial charge in [0.05, 0.1) is 17.8 Å². The quantitative estimate of drug-likeness (QED) is 0.790. The monoisotopic (exact) mass is 307 g/mol. The van der Waals surface area contributed by atoms with Gasteiger partial charge in [-0.05, 0) is 6.92 Å². The molecule has 4 heterocycles. The molecule has 1 aliphatic heterocycles. The van der Waals surface area contributed by atoms with Crippen LogP contribution in [-0.2, 0) is 19.5 Å². The van der Waals surface area contributed by atoms with E-state index in [-0.39, 0.29) is 0 Å². The molecular weight excluding hydrogens is 290 g/mol. The van der Waals surface area contributed by atoms with E-state index in [0.717, 1.165) is 48.8 Å². The zero-order valence-electron chi connectivity index (χ0n) is 12.9. The van der Waals surface area contributed by atoms with E-state index >= 15 is 0 Å². The highest BCUT2D eigenvalue weighted by molar-refractivity contribution is 5.52. The first kappa shape index (κ1) is 14.0. The predicted molar refractivity (Wildman–Crippen MR) is 84.2 cm³/mol. The highest BCUT2D eigenvalue weighted by Gasteiger charge is 2.19. The standard InChI is InChI=1S/C16H17N7/c1-11-4-19-15(21-11)9-23-3-2-14-13(8-23)7-20-16(22-14)12-5-17-10-18-6-12/h4-7,10H,2-3,8-9H2,1H3,(H,19,21). The van der Waals surface area contributed by atoms with Gasteiger partial charge in [0.15, 0.2) is 5.82 Å². The first-order valence-electron chi connectivity index (χ1n) is 7.61. The minimum atomic E-state index is 0.694. The summed E-state index contributed by atoms with van der Waals surface area (Å²) in [5.41, 5.74) is 4.24. The van der Waals surface area contributed by atoms with E-state index in [4.69, 9.17) is 0 Å². The first-order chi connectivity index (χ1) is 11.3. The van der Waals surface area contributed by atoms with Crippen LogP contribution in [0.15, 0.2) is 31.1 Å². The number of aromatic amines is 1. The molecule has 0 radical (unpaired) electrons. The van der Waals surface area contributed by atoms with Gasteiger partial charge >= 0.3 is 0 Å². The maximum absolute atomic E-state index is 4.69. The molecule has 1 N–H and O–H groups in total. The SMILES string of the molecule is Cc1cnc(CN2CCc3nc(-c4cncnc4)ncc3C2)[nH]1. The average molecular weight is 307 g/mol. The molecule has 0 atom stereocenters. The molecule has 3 aromatic heterocycles. The van der Waals surface area contributed by atoms with Crippen molar-refractivity contribution >= 4 is 0 Å². The Hall–Kier alpha value is -2.67. The second kappa shape index (κ2) is 5.85. The van der Waals surface area contributed by atoms with Crippen LogP contribution in [0.3, 0.4) is 0 Å². The normalized spacial score (nSPS) is 14.7. The molecule has 0 bridgehead atoms. The van der Waals surface area contributed by atoms with Crippen LogP contribution in [-0.4, -0.2) is 41.3 Å². The molecule has 0 aromatic carbocycles. The fourth-order valence-electron chi connectivity index (χ4n) is 2.82. The van der Waals surface area contributed by atoms with E-state index in [9.17, 15) is 0 Å². The number of hydrogen-bond donors (Lipinski definition) is 1. The summed E-state index contributed by atoms with van der Waals surface area (Å²) in [6.07, 6.45) is 9.69. The lowest BCUT2D eigenvalue weighted by atomic mass is 10.1. The number of hydrogen-bond acceptors (Lipinski definition) is 6. The van der Waals surface area contributed by atoms with Crippen LogP contribution in [0.1, 0.15) is 22.8 Å². The van der Waals surface area contributed by atoms with E-state index < -0.39 is 0 Å². The minimum absolute atomic E-state index is 0.694. The molecule has 1 aliphatic rings. The van der Waals surface area contributed by atoms with Gasteiger partial charge in [-0.2, -0.15) is 0 Å². The van der Waals surface area contributed by atoms with Crippen molar-refractivity contribution in [2.45, 2.75) is 26.4 Å². The lowest BCUT2D eigenvalue weighted by Crippen LogP contribution is -2.31. The topological polar surface area (TPSA) is 83.5 Å². The number of H-pyrrole nitrogens is 1. The Labute approximate surface area is 133 Å². The number of nitrogens with one attached hydrogen (secondary N) is 1. The molecule has 0 spiro atoms. The van der Waals surface area contributed by atoms with Crippen LogP contribution < -0.4 is 0 Å². The fraction of sp³-hybridized carbons (Fsp3) is 0.312. The number of rotatable bonds is 3. The van der Waals surface area contributed by atoms with Crippen LogP contribution >= 0.6 is 0 Å². The highest BCUT2D eigenvalue weighted by atomic mass is 15.2. The number of imidazole rings is 1. The maximum Gasteiger partial charge on any atom is 0.162 e. The number of nitrogens with zero attached hydrogens (tertiary/aromatic N) is 6. The molecular formula is C16H17N7. The van der Waals surface area contributed by atoms with E-state index in [1.165, 1.54) is 11.9 Å². The third-order valence-corrected chi connectivity index (χ3v) is 3.96. The van der Waals surface area contributed by atoms with Crippen molar-refractivity contribution in [2.75, 3.05) is 6.54 Å². The Morgan fingerprint density at radius 2 is 2.00 bits per heavy atom. The van der Waals surface area contributed by atoms with E-state index in [2.05, 4.69) is 34.8 Å². The molecule has 7 nitrogen and oxygen atoms in total. The van der Waals surface area contributed by atoms with Gasteiger partial charge in [0.1, 0.15) is 12.2 Å². The molecule has 0 amide bonds. The van der Waals surface area contributed by atoms with E-state index in [1.54, 1.807) is 12.4 Å². The molecule has 4 rings (SSSR count). The molecule has 0 saturated carbocycles. The molecule has 7 heteroatoms. The summed E-state index contributed by atoms with van der Waals surface area (Å²) >= 11 is 0. The Bertz CT molecular complexity index is 812. The average Bonchev–Trinajstić information content (AvgIpc) is 3.00. The Kier molecular flexibility index (Phi) is 3.55. The van der Waals surface area contributed by atoms with Crippen molar-refractivity contribution < 1.29 is 0 Å². The number of fused-ring (bicyclic) bond motifs is 1. The summed E-state index contributed by atoms with van der Waals surface area (Å²) in [5.74, 6) is 1.70. The summed E-state index contributed by atoms with van der Waals surface area (Å²) in [5, 5.41) is 0. The van der Waals surface area contributed by atoms with Crippen LogP contribution in [0.2, 0.25) is 0 Å². The molecule has 0 unspecified atom stereocenters. The molecule has 116 valence electrons. The molecule has 0 fully saturated rings. The van der Waals surface area contributed by atoms with Crippen molar-refractivity contribution in [1.29, 1.82) is 0 Å². The zero-order valence-corrected chi connectivity index (χ0v) is 12.9. The smallest absolute Gasteiger partial charge is 0.162 e. The maximum atomic E-state index is 4.69. The van der Waals surface area contributed by atoms with Crippen molar-refractivity contribution in [1.82, 2.24) is 34.8 Å². The molecule has 0 aliphatic carbocycles.